The van der Waals surface area contributed by atoms with Crippen LogP contribution >= 0.6 is 0 Å². The summed E-state index contributed by atoms with van der Waals surface area (Å²) >= 11 is 0. The van der Waals surface area contributed by atoms with Gasteiger partial charge in [0.25, 0.3) is 0 Å². The second kappa shape index (κ2) is 9.39. The Balaban J connectivity index is 2.04. The first-order valence-electron chi connectivity index (χ1n) is 9.54. The van der Waals surface area contributed by atoms with E-state index in [1.807, 2.05) is 36.4 Å². The number of benzene rings is 2. The molecule has 1 aliphatic rings. The highest BCUT2D eigenvalue weighted by Crippen LogP contribution is 2.43. The van der Waals surface area contributed by atoms with Crippen molar-refractivity contribution in [3.63, 3.8) is 0 Å². The van der Waals surface area contributed by atoms with Crippen LogP contribution in [0.2, 0.25) is 0 Å². The Kier molecular flexibility index (Phi) is 6.66. The van der Waals surface area contributed by atoms with Crippen LogP contribution in [0, 0.1) is 0 Å². The molecule has 2 aromatic carbocycles. The minimum absolute atomic E-state index is 0.251. The largest absolute Gasteiger partial charge is 0.497 e. The minimum Gasteiger partial charge on any atom is -0.497 e. The van der Waals surface area contributed by atoms with Gasteiger partial charge in [0.1, 0.15) is 5.75 Å². The Morgan fingerprint density at radius 2 is 1.73 bits per heavy atom. The molecule has 0 bridgehead atoms. The summed E-state index contributed by atoms with van der Waals surface area (Å²) in [4.78, 5) is 12.6. The summed E-state index contributed by atoms with van der Waals surface area (Å²) in [6.07, 6.45) is -0.0286. The van der Waals surface area contributed by atoms with Crippen molar-refractivity contribution >= 4 is 11.8 Å². The van der Waals surface area contributed by atoms with Gasteiger partial charge in [0.05, 0.1) is 46.8 Å². The van der Waals surface area contributed by atoms with Crippen molar-refractivity contribution in [1.29, 1.82) is 0 Å². The molecule has 8 nitrogen and oxygen atoms in total. The van der Waals surface area contributed by atoms with Crippen LogP contribution in [0.15, 0.2) is 41.5 Å². The quantitative estimate of drug-likeness (QED) is 0.681. The number of hydrogen-bond donors (Lipinski definition) is 0. The fourth-order valence-electron chi connectivity index (χ4n) is 3.40. The number of hydrazone groups is 1. The van der Waals surface area contributed by atoms with Gasteiger partial charge in [-0.2, -0.15) is 10.1 Å². The molecular weight excluding hydrogens is 388 g/mol. The molecule has 0 saturated heterocycles. The van der Waals surface area contributed by atoms with Crippen molar-refractivity contribution in [1.82, 2.24) is 5.01 Å². The van der Waals surface area contributed by atoms with E-state index in [0.717, 1.165) is 16.8 Å². The van der Waals surface area contributed by atoms with Crippen molar-refractivity contribution in [2.75, 3.05) is 35.0 Å². The molecule has 0 aromatic heterocycles. The van der Waals surface area contributed by atoms with Gasteiger partial charge in [0, 0.05) is 12.0 Å². The summed E-state index contributed by atoms with van der Waals surface area (Å²) < 4.78 is 26.9. The van der Waals surface area contributed by atoms with Crippen LogP contribution in [0.4, 0.5) is 4.79 Å². The molecule has 1 heterocycles. The van der Waals surface area contributed by atoms with Gasteiger partial charge in [0.15, 0.2) is 11.5 Å². The molecule has 3 rings (SSSR count). The molecule has 8 heteroatoms. The Hall–Kier alpha value is -3.42. The number of methoxy groups -OCH3 is 4. The normalized spacial score (nSPS) is 15.4. The lowest BCUT2D eigenvalue weighted by molar-refractivity contribution is 0.0974. The molecule has 0 N–H and O–H groups in total. The van der Waals surface area contributed by atoms with E-state index >= 15 is 0 Å². The van der Waals surface area contributed by atoms with Crippen molar-refractivity contribution in [3.05, 3.63) is 47.5 Å². The zero-order valence-electron chi connectivity index (χ0n) is 17.8. The van der Waals surface area contributed by atoms with Crippen LogP contribution in [0.5, 0.6) is 23.0 Å². The van der Waals surface area contributed by atoms with Gasteiger partial charge in [-0.1, -0.05) is 12.1 Å². The van der Waals surface area contributed by atoms with E-state index in [-0.39, 0.29) is 12.6 Å². The zero-order chi connectivity index (χ0) is 21.7. The molecule has 2 aromatic rings. The average molecular weight is 414 g/mol. The first-order chi connectivity index (χ1) is 14.6. The van der Waals surface area contributed by atoms with E-state index in [1.54, 1.807) is 35.4 Å². The lowest BCUT2D eigenvalue weighted by atomic mass is 9.97. The molecule has 1 aliphatic heterocycles. The first-order valence-corrected chi connectivity index (χ1v) is 9.54. The van der Waals surface area contributed by atoms with Gasteiger partial charge in [-0.3, -0.25) is 0 Å². The Bertz CT molecular complexity index is 918. The third kappa shape index (κ3) is 4.12. The summed E-state index contributed by atoms with van der Waals surface area (Å²) in [5, 5.41) is 5.93. The number of amides is 1. The van der Waals surface area contributed by atoms with E-state index in [2.05, 4.69) is 5.10 Å². The number of carbonyl (C=O) groups excluding carboxylic acids is 1. The first kappa shape index (κ1) is 21.3. The SMILES string of the molecule is CCOC(=O)N1N=C(c2cccc(OC)c2)CC1c1cc(OC)c(OC)c(OC)c1. The smallest absolute Gasteiger partial charge is 0.430 e. The third-order valence-corrected chi connectivity index (χ3v) is 4.84. The molecule has 1 amide bonds. The van der Waals surface area contributed by atoms with Crippen LogP contribution in [-0.4, -0.2) is 51.9 Å². The fourth-order valence-corrected chi connectivity index (χ4v) is 3.40. The van der Waals surface area contributed by atoms with Crippen LogP contribution in [0.3, 0.4) is 0 Å². The van der Waals surface area contributed by atoms with E-state index < -0.39 is 6.09 Å². The number of carbonyl (C=O) groups is 1. The fraction of sp³-hybridized carbons (Fsp3) is 0.364. The molecule has 1 unspecified atom stereocenters. The summed E-state index contributed by atoms with van der Waals surface area (Å²) in [5.41, 5.74) is 2.42. The third-order valence-electron chi connectivity index (χ3n) is 4.84. The molecule has 0 radical (unpaired) electrons. The highest BCUT2D eigenvalue weighted by Gasteiger charge is 2.35. The summed E-state index contributed by atoms with van der Waals surface area (Å²) in [7, 11) is 6.26. The van der Waals surface area contributed by atoms with Gasteiger partial charge >= 0.3 is 6.09 Å². The van der Waals surface area contributed by atoms with E-state index in [0.29, 0.717) is 29.4 Å². The number of nitrogens with zero attached hydrogens (tertiary/aromatic N) is 2. The molecule has 30 heavy (non-hydrogen) atoms. The zero-order valence-corrected chi connectivity index (χ0v) is 17.8. The average Bonchev–Trinajstić information content (AvgIpc) is 3.24. The maximum atomic E-state index is 12.6. The number of rotatable bonds is 7. The highest BCUT2D eigenvalue weighted by molar-refractivity contribution is 6.03. The highest BCUT2D eigenvalue weighted by atomic mass is 16.6. The topological polar surface area (TPSA) is 78.8 Å². The minimum atomic E-state index is -0.519. The van der Waals surface area contributed by atoms with Crippen LogP contribution in [0.25, 0.3) is 0 Å². The van der Waals surface area contributed by atoms with Gasteiger partial charge in [-0.05, 0) is 36.8 Å². The predicted octanol–water partition coefficient (Wildman–Crippen LogP) is 4.03. The maximum absolute atomic E-state index is 12.6. The summed E-state index contributed by atoms with van der Waals surface area (Å²) in [6.45, 7) is 2.01. The predicted molar refractivity (Wildman–Crippen MR) is 112 cm³/mol. The molecule has 0 fully saturated rings. The van der Waals surface area contributed by atoms with Crippen molar-refractivity contribution < 1.29 is 28.5 Å². The van der Waals surface area contributed by atoms with E-state index in [9.17, 15) is 4.79 Å². The second-order valence-corrected chi connectivity index (χ2v) is 6.50. The van der Waals surface area contributed by atoms with Crippen LogP contribution < -0.4 is 18.9 Å². The molecular formula is C22H26N2O6. The van der Waals surface area contributed by atoms with Gasteiger partial charge in [-0.25, -0.2) is 4.79 Å². The van der Waals surface area contributed by atoms with Crippen molar-refractivity contribution in [2.45, 2.75) is 19.4 Å². The Morgan fingerprint density at radius 3 is 2.30 bits per heavy atom. The lowest BCUT2D eigenvalue weighted by Gasteiger charge is -2.23. The summed E-state index contributed by atoms with van der Waals surface area (Å²) in [5.74, 6) is 2.21. The van der Waals surface area contributed by atoms with Crippen molar-refractivity contribution in [3.8, 4) is 23.0 Å². The Labute approximate surface area is 175 Å². The standard InChI is InChI=1S/C22H26N2O6/c1-6-30-22(25)24-18(13-17(23-24)14-8-7-9-16(10-14)26-2)15-11-19(27-3)21(29-5)20(12-15)28-4/h7-12,18H,6,13H2,1-5H3. The molecule has 160 valence electrons. The molecule has 1 atom stereocenters. The monoisotopic (exact) mass is 414 g/mol. The Morgan fingerprint density at radius 1 is 1.03 bits per heavy atom. The number of hydrogen-bond acceptors (Lipinski definition) is 7. The lowest BCUT2D eigenvalue weighted by Crippen LogP contribution is -2.27. The number of ether oxygens (including phenoxy) is 5. The second-order valence-electron chi connectivity index (χ2n) is 6.50. The van der Waals surface area contributed by atoms with Crippen LogP contribution in [-0.2, 0) is 4.74 Å². The van der Waals surface area contributed by atoms with Crippen molar-refractivity contribution in [2.24, 2.45) is 5.10 Å². The maximum Gasteiger partial charge on any atom is 0.430 e. The van der Waals surface area contributed by atoms with E-state index in [4.69, 9.17) is 23.7 Å². The van der Waals surface area contributed by atoms with Gasteiger partial charge in [-0.15, -0.1) is 0 Å². The van der Waals surface area contributed by atoms with Gasteiger partial charge in [0.2, 0.25) is 5.75 Å². The molecule has 0 aliphatic carbocycles. The van der Waals surface area contributed by atoms with E-state index in [1.165, 1.54) is 5.01 Å². The van der Waals surface area contributed by atoms with Crippen LogP contribution in [0.1, 0.15) is 30.5 Å². The molecule has 0 spiro atoms. The van der Waals surface area contributed by atoms with Gasteiger partial charge < -0.3 is 23.7 Å². The summed E-state index contributed by atoms with van der Waals surface area (Å²) in [6, 6.07) is 10.8. The molecule has 0 saturated carbocycles.